The molecule has 3 heteroatoms. The lowest BCUT2D eigenvalue weighted by Gasteiger charge is -2.31. The van der Waals surface area contributed by atoms with Gasteiger partial charge in [-0.1, -0.05) is 24.3 Å². The molecule has 0 aliphatic heterocycles. The zero-order valence-corrected chi connectivity index (χ0v) is 11.4. The molecule has 2 rings (SSSR count). The number of carbonyl (C=O) groups is 1. The lowest BCUT2D eigenvalue weighted by Crippen LogP contribution is -2.56. The number of hydrogen-bond donors (Lipinski definition) is 2. The molecule has 1 aliphatic rings. The first-order valence-corrected chi connectivity index (χ1v) is 6.54. The van der Waals surface area contributed by atoms with E-state index >= 15 is 0 Å². The predicted octanol–water partition coefficient (Wildman–Crippen LogP) is 1.64. The summed E-state index contributed by atoms with van der Waals surface area (Å²) >= 11 is 0. The molecule has 18 heavy (non-hydrogen) atoms. The molecule has 3 nitrogen and oxygen atoms in total. The number of carbonyl (C=O) groups excluding carboxylic acids is 1. The fourth-order valence-corrected chi connectivity index (χ4v) is 2.28. The molecule has 0 fully saturated rings. The van der Waals surface area contributed by atoms with Gasteiger partial charge < -0.3 is 11.1 Å². The second-order valence-electron chi connectivity index (χ2n) is 5.87. The van der Waals surface area contributed by atoms with Crippen molar-refractivity contribution in [2.75, 3.05) is 0 Å². The Morgan fingerprint density at radius 3 is 2.28 bits per heavy atom. The van der Waals surface area contributed by atoms with Crippen molar-refractivity contribution in [3.63, 3.8) is 0 Å². The Labute approximate surface area is 109 Å². The van der Waals surface area contributed by atoms with E-state index in [1.165, 1.54) is 11.1 Å². The van der Waals surface area contributed by atoms with Crippen LogP contribution in [0.25, 0.3) is 0 Å². The molecular weight excluding hydrogens is 224 g/mol. The SMILES string of the molecule is CC(N)C(C)(C)NC(=O)C1Cc2ccccc2C1. The van der Waals surface area contributed by atoms with Crippen LogP contribution in [-0.4, -0.2) is 17.5 Å². The van der Waals surface area contributed by atoms with E-state index in [0.29, 0.717) is 0 Å². The van der Waals surface area contributed by atoms with Gasteiger partial charge in [0.1, 0.15) is 0 Å². The van der Waals surface area contributed by atoms with E-state index in [0.717, 1.165) is 12.8 Å². The molecule has 1 aromatic rings. The maximum atomic E-state index is 12.3. The Kier molecular flexibility index (Phi) is 3.44. The summed E-state index contributed by atoms with van der Waals surface area (Å²) in [5, 5.41) is 3.07. The van der Waals surface area contributed by atoms with Gasteiger partial charge in [-0.05, 0) is 44.7 Å². The fraction of sp³-hybridized carbons (Fsp3) is 0.533. The Hall–Kier alpha value is -1.35. The third-order valence-corrected chi connectivity index (χ3v) is 4.01. The van der Waals surface area contributed by atoms with Crippen LogP contribution in [0.4, 0.5) is 0 Å². The minimum atomic E-state index is -0.355. The van der Waals surface area contributed by atoms with E-state index in [-0.39, 0.29) is 23.4 Å². The first kappa shape index (κ1) is 13.1. The Bertz CT molecular complexity index is 427. The second kappa shape index (κ2) is 4.73. The van der Waals surface area contributed by atoms with E-state index in [1.807, 2.05) is 32.9 Å². The summed E-state index contributed by atoms with van der Waals surface area (Å²) in [4.78, 5) is 12.3. The van der Waals surface area contributed by atoms with Crippen LogP contribution < -0.4 is 11.1 Å². The van der Waals surface area contributed by atoms with Gasteiger partial charge in [0.15, 0.2) is 0 Å². The molecule has 3 N–H and O–H groups in total. The molecule has 98 valence electrons. The van der Waals surface area contributed by atoms with E-state index < -0.39 is 0 Å². The Balaban J connectivity index is 2.02. The molecular formula is C15H22N2O. The predicted molar refractivity (Wildman–Crippen MR) is 73.2 cm³/mol. The number of benzene rings is 1. The average molecular weight is 246 g/mol. The van der Waals surface area contributed by atoms with Crippen molar-refractivity contribution < 1.29 is 4.79 Å². The zero-order valence-electron chi connectivity index (χ0n) is 11.4. The minimum Gasteiger partial charge on any atom is -0.349 e. The molecule has 0 bridgehead atoms. The second-order valence-corrected chi connectivity index (χ2v) is 5.87. The van der Waals surface area contributed by atoms with Crippen molar-refractivity contribution in [2.24, 2.45) is 11.7 Å². The standard InChI is InChI=1S/C15H22N2O/c1-10(16)15(2,3)17-14(18)13-8-11-6-4-5-7-12(11)9-13/h4-7,10,13H,8-9,16H2,1-3H3,(H,17,18). The summed E-state index contributed by atoms with van der Waals surface area (Å²) in [7, 11) is 0. The normalized spacial score (nSPS) is 17.3. The molecule has 1 unspecified atom stereocenters. The first-order valence-electron chi connectivity index (χ1n) is 6.54. The highest BCUT2D eigenvalue weighted by Crippen LogP contribution is 2.27. The maximum Gasteiger partial charge on any atom is 0.224 e. The van der Waals surface area contributed by atoms with Gasteiger partial charge >= 0.3 is 0 Å². The molecule has 0 spiro atoms. The summed E-state index contributed by atoms with van der Waals surface area (Å²) in [6.45, 7) is 5.86. The molecule has 1 aromatic carbocycles. The molecule has 0 radical (unpaired) electrons. The average Bonchev–Trinajstić information content (AvgIpc) is 2.71. The molecule has 1 amide bonds. The lowest BCUT2D eigenvalue weighted by atomic mass is 9.95. The summed E-state index contributed by atoms with van der Waals surface area (Å²) < 4.78 is 0. The van der Waals surface area contributed by atoms with Crippen molar-refractivity contribution in [1.82, 2.24) is 5.32 Å². The minimum absolute atomic E-state index is 0.0559. The highest BCUT2D eigenvalue weighted by molar-refractivity contribution is 5.81. The van der Waals surface area contributed by atoms with Gasteiger partial charge in [-0.25, -0.2) is 0 Å². The van der Waals surface area contributed by atoms with Crippen LogP contribution in [0.1, 0.15) is 31.9 Å². The summed E-state index contributed by atoms with van der Waals surface area (Å²) in [5.74, 6) is 0.175. The zero-order chi connectivity index (χ0) is 13.3. The molecule has 0 heterocycles. The number of nitrogens with two attached hydrogens (primary N) is 1. The van der Waals surface area contributed by atoms with Crippen molar-refractivity contribution in [3.05, 3.63) is 35.4 Å². The van der Waals surface area contributed by atoms with E-state index in [4.69, 9.17) is 5.73 Å². The van der Waals surface area contributed by atoms with Gasteiger partial charge in [0.25, 0.3) is 0 Å². The molecule has 1 atom stereocenters. The summed E-state index contributed by atoms with van der Waals surface area (Å²) in [6.07, 6.45) is 1.69. The van der Waals surface area contributed by atoms with Crippen LogP contribution in [0.3, 0.4) is 0 Å². The number of nitrogens with one attached hydrogen (secondary N) is 1. The molecule has 0 aromatic heterocycles. The van der Waals surface area contributed by atoms with Crippen molar-refractivity contribution >= 4 is 5.91 Å². The third kappa shape index (κ3) is 2.56. The summed E-state index contributed by atoms with van der Waals surface area (Å²) in [6, 6.07) is 8.22. The number of amides is 1. The van der Waals surface area contributed by atoms with E-state index in [9.17, 15) is 4.79 Å². The monoisotopic (exact) mass is 246 g/mol. The largest absolute Gasteiger partial charge is 0.349 e. The number of rotatable bonds is 3. The quantitative estimate of drug-likeness (QED) is 0.852. The maximum absolute atomic E-state index is 12.3. The smallest absolute Gasteiger partial charge is 0.224 e. The van der Waals surface area contributed by atoms with Gasteiger partial charge in [0.2, 0.25) is 5.91 Å². The highest BCUT2D eigenvalue weighted by atomic mass is 16.2. The first-order chi connectivity index (χ1) is 8.40. The van der Waals surface area contributed by atoms with E-state index in [2.05, 4.69) is 17.4 Å². The Morgan fingerprint density at radius 1 is 1.33 bits per heavy atom. The van der Waals surface area contributed by atoms with Crippen molar-refractivity contribution in [2.45, 2.75) is 45.2 Å². The fourth-order valence-electron chi connectivity index (χ4n) is 2.28. The molecule has 0 saturated heterocycles. The van der Waals surface area contributed by atoms with Gasteiger partial charge in [-0.2, -0.15) is 0 Å². The van der Waals surface area contributed by atoms with E-state index in [1.54, 1.807) is 0 Å². The highest BCUT2D eigenvalue weighted by Gasteiger charge is 2.32. The van der Waals surface area contributed by atoms with Crippen molar-refractivity contribution in [3.8, 4) is 0 Å². The van der Waals surface area contributed by atoms with Crippen LogP contribution in [0.15, 0.2) is 24.3 Å². The van der Waals surface area contributed by atoms with Gasteiger partial charge in [0, 0.05) is 17.5 Å². The number of hydrogen-bond acceptors (Lipinski definition) is 2. The number of fused-ring (bicyclic) bond motifs is 1. The van der Waals surface area contributed by atoms with Crippen LogP contribution >= 0.6 is 0 Å². The van der Waals surface area contributed by atoms with Crippen LogP contribution in [0.2, 0.25) is 0 Å². The van der Waals surface area contributed by atoms with Gasteiger partial charge in [-0.15, -0.1) is 0 Å². The molecule has 0 saturated carbocycles. The van der Waals surface area contributed by atoms with Crippen LogP contribution in [0, 0.1) is 5.92 Å². The Morgan fingerprint density at radius 2 is 1.83 bits per heavy atom. The van der Waals surface area contributed by atoms with Crippen LogP contribution in [-0.2, 0) is 17.6 Å². The van der Waals surface area contributed by atoms with Gasteiger partial charge in [0.05, 0.1) is 0 Å². The molecule has 1 aliphatic carbocycles. The van der Waals surface area contributed by atoms with Crippen LogP contribution in [0.5, 0.6) is 0 Å². The third-order valence-electron chi connectivity index (χ3n) is 4.01. The lowest BCUT2D eigenvalue weighted by molar-refractivity contribution is -0.126. The topological polar surface area (TPSA) is 55.1 Å². The summed E-state index contributed by atoms with van der Waals surface area (Å²) in [5.41, 5.74) is 8.14. The van der Waals surface area contributed by atoms with Gasteiger partial charge in [-0.3, -0.25) is 4.79 Å². The van der Waals surface area contributed by atoms with Crippen molar-refractivity contribution in [1.29, 1.82) is 0 Å².